The van der Waals surface area contributed by atoms with E-state index in [4.69, 9.17) is 8.83 Å². The van der Waals surface area contributed by atoms with Gasteiger partial charge in [-0.3, -0.25) is 9.59 Å². The predicted octanol–water partition coefficient (Wildman–Crippen LogP) is 1.46. The molecular formula is C20H22N3O4+. The number of carbonyl (C=O) groups is 2. The second kappa shape index (κ2) is 8.86. The van der Waals surface area contributed by atoms with E-state index >= 15 is 0 Å². The van der Waals surface area contributed by atoms with Crippen LogP contribution in [0.25, 0.3) is 0 Å². The van der Waals surface area contributed by atoms with E-state index in [1.165, 1.54) is 0 Å². The first-order chi connectivity index (χ1) is 13.1. The van der Waals surface area contributed by atoms with Crippen LogP contribution in [-0.2, 0) is 17.9 Å². The van der Waals surface area contributed by atoms with E-state index in [0.29, 0.717) is 24.3 Å². The molecule has 0 unspecified atom stereocenters. The van der Waals surface area contributed by atoms with Gasteiger partial charge in [-0.2, -0.15) is 0 Å². The minimum atomic E-state index is -0.200. The Bertz CT molecular complexity index is 836. The van der Waals surface area contributed by atoms with Crippen LogP contribution < -0.4 is 15.5 Å². The quantitative estimate of drug-likeness (QED) is 0.562. The summed E-state index contributed by atoms with van der Waals surface area (Å²) >= 11 is 0. The van der Waals surface area contributed by atoms with Crippen molar-refractivity contribution in [1.29, 1.82) is 0 Å². The van der Waals surface area contributed by atoms with Crippen molar-refractivity contribution in [1.82, 2.24) is 5.32 Å². The Morgan fingerprint density at radius 3 is 2.19 bits per heavy atom. The van der Waals surface area contributed by atoms with Gasteiger partial charge in [-0.15, -0.1) is 0 Å². The number of amides is 2. The van der Waals surface area contributed by atoms with Crippen LogP contribution in [0.2, 0.25) is 0 Å². The SMILES string of the molecule is CNC(=O)c1cccc(NC(=O)C[NH+](Cc2ccco2)Cc2ccco2)c1. The molecule has 0 aliphatic carbocycles. The number of nitrogens with one attached hydrogen (secondary N) is 3. The highest BCUT2D eigenvalue weighted by molar-refractivity contribution is 5.97. The number of anilines is 1. The van der Waals surface area contributed by atoms with Gasteiger partial charge in [0, 0.05) is 18.3 Å². The van der Waals surface area contributed by atoms with Crippen LogP contribution in [0.4, 0.5) is 5.69 Å². The standard InChI is InChI=1S/C20H21N3O4/c1-21-20(25)15-5-2-6-16(11-15)22-19(24)14-23(12-17-7-3-9-26-17)13-18-8-4-10-27-18/h2-11H,12-14H2,1H3,(H,21,25)(H,22,24)/p+1. The Morgan fingerprint density at radius 1 is 0.963 bits per heavy atom. The summed E-state index contributed by atoms with van der Waals surface area (Å²) in [5.74, 6) is 1.24. The molecule has 1 aromatic carbocycles. The second-order valence-corrected chi connectivity index (χ2v) is 6.15. The minimum Gasteiger partial charge on any atom is -0.463 e. The highest BCUT2D eigenvalue weighted by Gasteiger charge is 2.18. The van der Waals surface area contributed by atoms with Crippen molar-refractivity contribution in [3.8, 4) is 0 Å². The minimum absolute atomic E-state index is 0.155. The van der Waals surface area contributed by atoms with Crippen molar-refractivity contribution in [3.05, 3.63) is 78.1 Å². The molecule has 3 aromatic rings. The molecule has 0 radical (unpaired) electrons. The molecule has 7 nitrogen and oxygen atoms in total. The lowest BCUT2D eigenvalue weighted by atomic mass is 10.2. The van der Waals surface area contributed by atoms with Crippen molar-refractivity contribution in [3.63, 3.8) is 0 Å². The van der Waals surface area contributed by atoms with Gasteiger partial charge in [0.2, 0.25) is 0 Å². The number of hydrogen-bond donors (Lipinski definition) is 3. The van der Waals surface area contributed by atoms with E-state index in [0.717, 1.165) is 16.4 Å². The summed E-state index contributed by atoms with van der Waals surface area (Å²) in [5.41, 5.74) is 1.07. The summed E-state index contributed by atoms with van der Waals surface area (Å²) in [4.78, 5) is 25.2. The molecule has 27 heavy (non-hydrogen) atoms. The summed E-state index contributed by atoms with van der Waals surface area (Å²) in [5, 5.41) is 5.42. The van der Waals surface area contributed by atoms with E-state index in [1.807, 2.05) is 24.3 Å². The molecule has 0 fully saturated rings. The third-order valence-electron chi connectivity index (χ3n) is 4.05. The molecule has 0 aliphatic rings. The summed E-state index contributed by atoms with van der Waals surface area (Å²) in [6, 6.07) is 14.2. The van der Waals surface area contributed by atoms with Gasteiger partial charge in [-0.25, -0.2) is 0 Å². The lowest BCUT2D eigenvalue weighted by molar-refractivity contribution is -0.921. The van der Waals surface area contributed by atoms with Gasteiger partial charge >= 0.3 is 0 Å². The Hall–Kier alpha value is -3.32. The highest BCUT2D eigenvalue weighted by atomic mass is 16.3. The summed E-state index contributed by atoms with van der Waals surface area (Å²) < 4.78 is 10.8. The first kappa shape index (κ1) is 18.5. The zero-order chi connectivity index (χ0) is 19.1. The summed E-state index contributed by atoms with van der Waals surface area (Å²) in [6.45, 7) is 1.34. The van der Waals surface area contributed by atoms with Gasteiger partial charge in [0.15, 0.2) is 18.1 Å². The fraction of sp³-hybridized carbons (Fsp3) is 0.200. The van der Waals surface area contributed by atoms with E-state index in [9.17, 15) is 9.59 Å². The molecule has 0 spiro atoms. The molecule has 0 bridgehead atoms. The van der Waals surface area contributed by atoms with Crippen molar-refractivity contribution in [2.24, 2.45) is 0 Å². The zero-order valence-corrected chi connectivity index (χ0v) is 15.0. The maximum atomic E-state index is 12.5. The maximum Gasteiger partial charge on any atom is 0.279 e. The highest BCUT2D eigenvalue weighted by Crippen LogP contribution is 2.10. The number of hydrogen-bond acceptors (Lipinski definition) is 4. The normalized spacial score (nSPS) is 10.7. The predicted molar refractivity (Wildman–Crippen MR) is 99.1 cm³/mol. The monoisotopic (exact) mass is 368 g/mol. The molecule has 3 N–H and O–H groups in total. The third kappa shape index (κ3) is 5.32. The van der Waals surface area contributed by atoms with Crippen molar-refractivity contribution in [2.75, 3.05) is 18.9 Å². The molecule has 7 heteroatoms. The molecule has 2 aromatic heterocycles. The largest absolute Gasteiger partial charge is 0.463 e. The fourth-order valence-corrected chi connectivity index (χ4v) is 2.82. The van der Waals surface area contributed by atoms with Gasteiger partial charge in [0.05, 0.1) is 12.5 Å². The smallest absolute Gasteiger partial charge is 0.279 e. The topological polar surface area (TPSA) is 88.9 Å². The van der Waals surface area contributed by atoms with Gasteiger partial charge in [-0.1, -0.05) is 6.07 Å². The summed E-state index contributed by atoms with van der Waals surface area (Å²) in [6.07, 6.45) is 3.23. The van der Waals surface area contributed by atoms with Crippen LogP contribution in [-0.4, -0.2) is 25.4 Å². The van der Waals surface area contributed by atoms with Crippen LogP contribution in [0.3, 0.4) is 0 Å². The average molecular weight is 368 g/mol. The van der Waals surface area contributed by atoms with E-state index < -0.39 is 0 Å². The lowest BCUT2D eigenvalue weighted by Gasteiger charge is -2.17. The van der Waals surface area contributed by atoms with E-state index in [2.05, 4.69) is 10.6 Å². The van der Waals surface area contributed by atoms with Crippen LogP contribution >= 0.6 is 0 Å². The first-order valence-electron chi connectivity index (χ1n) is 8.64. The van der Waals surface area contributed by atoms with Gasteiger partial charge in [-0.05, 0) is 42.5 Å². The maximum absolute atomic E-state index is 12.5. The molecular weight excluding hydrogens is 346 g/mol. The Kier molecular flexibility index (Phi) is 6.06. The lowest BCUT2D eigenvalue weighted by Crippen LogP contribution is -3.10. The van der Waals surface area contributed by atoms with E-state index in [-0.39, 0.29) is 18.4 Å². The summed E-state index contributed by atoms with van der Waals surface area (Å²) in [7, 11) is 1.57. The molecule has 140 valence electrons. The van der Waals surface area contributed by atoms with Crippen LogP contribution in [0.15, 0.2) is 69.9 Å². The Morgan fingerprint density at radius 2 is 1.63 bits per heavy atom. The number of benzene rings is 1. The van der Waals surface area contributed by atoms with Crippen molar-refractivity contribution >= 4 is 17.5 Å². The molecule has 0 atom stereocenters. The number of carbonyl (C=O) groups excluding carboxylic acids is 2. The van der Waals surface area contributed by atoms with Crippen molar-refractivity contribution in [2.45, 2.75) is 13.1 Å². The average Bonchev–Trinajstić information content (AvgIpc) is 3.35. The number of furan rings is 2. The molecule has 2 heterocycles. The van der Waals surface area contributed by atoms with E-state index in [1.54, 1.807) is 43.8 Å². The molecule has 0 aliphatic heterocycles. The molecule has 2 amide bonds. The number of quaternary nitrogens is 1. The third-order valence-corrected chi connectivity index (χ3v) is 4.05. The van der Waals surface area contributed by atoms with Crippen LogP contribution in [0.1, 0.15) is 21.9 Å². The number of rotatable bonds is 8. The Labute approximate surface area is 157 Å². The van der Waals surface area contributed by atoms with Crippen LogP contribution in [0.5, 0.6) is 0 Å². The Balaban J connectivity index is 1.65. The van der Waals surface area contributed by atoms with Gasteiger partial charge < -0.3 is 24.4 Å². The van der Waals surface area contributed by atoms with Gasteiger partial charge in [0.25, 0.3) is 11.8 Å². The molecule has 3 rings (SSSR count). The molecule has 0 saturated heterocycles. The van der Waals surface area contributed by atoms with Crippen molar-refractivity contribution < 1.29 is 23.3 Å². The molecule has 0 saturated carbocycles. The van der Waals surface area contributed by atoms with Crippen LogP contribution in [0, 0.1) is 0 Å². The van der Waals surface area contributed by atoms with Gasteiger partial charge in [0.1, 0.15) is 13.1 Å². The fourth-order valence-electron chi connectivity index (χ4n) is 2.82. The second-order valence-electron chi connectivity index (χ2n) is 6.15. The zero-order valence-electron chi connectivity index (χ0n) is 15.0. The first-order valence-corrected chi connectivity index (χ1v) is 8.64.